The van der Waals surface area contributed by atoms with Gasteiger partial charge in [0.1, 0.15) is 0 Å². The van der Waals surface area contributed by atoms with Crippen LogP contribution in [-0.2, 0) is 14.3 Å². The number of ether oxygens (including phenoxy) is 2. The maximum atomic E-state index is 12.4. The van der Waals surface area contributed by atoms with Gasteiger partial charge in [-0.3, -0.25) is 4.79 Å². The van der Waals surface area contributed by atoms with E-state index in [-0.39, 0.29) is 24.0 Å². The molecule has 3 unspecified atom stereocenters. The van der Waals surface area contributed by atoms with Gasteiger partial charge in [-0.25, -0.2) is 0 Å². The minimum Gasteiger partial charge on any atom is -0.378 e. The molecule has 0 N–H and O–H groups in total. The number of carbonyl (C=O) groups excluding carboxylic acids is 1. The van der Waals surface area contributed by atoms with E-state index < -0.39 is 0 Å². The van der Waals surface area contributed by atoms with E-state index in [1.54, 1.807) is 0 Å². The van der Waals surface area contributed by atoms with Crippen molar-refractivity contribution in [3.63, 3.8) is 0 Å². The van der Waals surface area contributed by atoms with Gasteiger partial charge in [-0.15, -0.1) is 0 Å². The molecule has 16 heavy (non-hydrogen) atoms. The summed E-state index contributed by atoms with van der Waals surface area (Å²) in [5.41, 5.74) is 0. The van der Waals surface area contributed by atoms with Crippen molar-refractivity contribution in [3.8, 4) is 0 Å². The van der Waals surface area contributed by atoms with Crippen LogP contribution >= 0.6 is 0 Å². The maximum Gasteiger partial charge on any atom is 0.228 e. The molecule has 2 rings (SSSR count). The second-order valence-electron chi connectivity index (χ2n) is 4.64. The van der Waals surface area contributed by atoms with Gasteiger partial charge >= 0.3 is 0 Å². The second kappa shape index (κ2) is 5.15. The van der Waals surface area contributed by atoms with Crippen molar-refractivity contribution in [1.29, 1.82) is 0 Å². The van der Waals surface area contributed by atoms with Crippen LogP contribution in [0.2, 0.25) is 0 Å². The van der Waals surface area contributed by atoms with Gasteiger partial charge in [0.15, 0.2) is 0 Å². The summed E-state index contributed by atoms with van der Waals surface area (Å²) < 4.78 is 10.9. The monoisotopic (exact) mass is 227 g/mol. The van der Waals surface area contributed by atoms with Crippen LogP contribution in [0.5, 0.6) is 0 Å². The van der Waals surface area contributed by atoms with Gasteiger partial charge in [0.2, 0.25) is 5.91 Å². The SMILES string of the molecule is CCC1COCCN1C(=O)C1CCOC1C. The Balaban J connectivity index is 2.01. The van der Waals surface area contributed by atoms with E-state index in [0.717, 1.165) is 26.0 Å². The number of hydrogen-bond donors (Lipinski definition) is 0. The highest BCUT2D eigenvalue weighted by Gasteiger charge is 2.36. The van der Waals surface area contributed by atoms with E-state index in [4.69, 9.17) is 9.47 Å². The Kier molecular flexibility index (Phi) is 3.82. The second-order valence-corrected chi connectivity index (χ2v) is 4.64. The molecule has 4 heteroatoms. The highest BCUT2D eigenvalue weighted by atomic mass is 16.5. The van der Waals surface area contributed by atoms with E-state index in [0.29, 0.717) is 13.2 Å². The predicted octanol–water partition coefficient (Wildman–Crippen LogP) is 1.05. The Bertz CT molecular complexity index is 257. The first-order valence-electron chi connectivity index (χ1n) is 6.24. The molecule has 0 saturated carbocycles. The molecule has 4 nitrogen and oxygen atoms in total. The van der Waals surface area contributed by atoms with Crippen LogP contribution < -0.4 is 0 Å². The Morgan fingerprint density at radius 2 is 2.25 bits per heavy atom. The predicted molar refractivity (Wildman–Crippen MR) is 60.1 cm³/mol. The highest BCUT2D eigenvalue weighted by Crippen LogP contribution is 2.25. The molecular formula is C12H21NO3. The standard InChI is InChI=1S/C12H21NO3/c1-3-10-8-15-7-5-13(10)12(14)11-4-6-16-9(11)2/h9-11H,3-8H2,1-2H3. The molecule has 0 aromatic heterocycles. The third-order valence-corrected chi connectivity index (χ3v) is 3.68. The van der Waals surface area contributed by atoms with E-state index in [9.17, 15) is 4.79 Å². The number of morpholine rings is 1. The van der Waals surface area contributed by atoms with E-state index in [2.05, 4.69) is 6.92 Å². The van der Waals surface area contributed by atoms with Crippen LogP contribution in [0.4, 0.5) is 0 Å². The number of nitrogens with zero attached hydrogens (tertiary/aromatic N) is 1. The molecule has 0 bridgehead atoms. The summed E-state index contributed by atoms with van der Waals surface area (Å²) in [4.78, 5) is 14.4. The summed E-state index contributed by atoms with van der Waals surface area (Å²) in [6, 6.07) is 0.258. The fourth-order valence-corrected chi connectivity index (χ4v) is 2.55. The number of hydrogen-bond acceptors (Lipinski definition) is 3. The molecule has 2 fully saturated rings. The molecule has 0 aromatic carbocycles. The van der Waals surface area contributed by atoms with Crippen LogP contribution in [0.1, 0.15) is 26.7 Å². The van der Waals surface area contributed by atoms with E-state index >= 15 is 0 Å². The number of amides is 1. The zero-order valence-electron chi connectivity index (χ0n) is 10.1. The molecule has 0 spiro atoms. The van der Waals surface area contributed by atoms with Crippen LogP contribution in [0.3, 0.4) is 0 Å². The Morgan fingerprint density at radius 1 is 1.44 bits per heavy atom. The molecule has 2 heterocycles. The van der Waals surface area contributed by atoms with Gasteiger partial charge in [-0.2, -0.15) is 0 Å². The van der Waals surface area contributed by atoms with E-state index in [1.807, 2.05) is 11.8 Å². The smallest absolute Gasteiger partial charge is 0.228 e. The zero-order chi connectivity index (χ0) is 11.5. The summed E-state index contributed by atoms with van der Waals surface area (Å²) in [6.07, 6.45) is 1.91. The van der Waals surface area contributed by atoms with Crippen molar-refractivity contribution in [2.24, 2.45) is 5.92 Å². The van der Waals surface area contributed by atoms with Crippen molar-refractivity contribution in [3.05, 3.63) is 0 Å². The lowest BCUT2D eigenvalue weighted by atomic mass is 9.99. The first-order chi connectivity index (χ1) is 7.74. The average Bonchev–Trinajstić information content (AvgIpc) is 2.74. The van der Waals surface area contributed by atoms with Crippen molar-refractivity contribution in [2.75, 3.05) is 26.4 Å². The van der Waals surface area contributed by atoms with Crippen LogP contribution in [0.25, 0.3) is 0 Å². The lowest BCUT2D eigenvalue weighted by Crippen LogP contribution is -2.51. The Hall–Kier alpha value is -0.610. The van der Waals surface area contributed by atoms with Crippen LogP contribution in [0, 0.1) is 5.92 Å². The summed E-state index contributed by atoms with van der Waals surface area (Å²) in [5.74, 6) is 0.326. The van der Waals surface area contributed by atoms with Crippen LogP contribution in [-0.4, -0.2) is 49.3 Å². The highest BCUT2D eigenvalue weighted by molar-refractivity contribution is 5.80. The normalized spacial score (nSPS) is 35.4. The summed E-state index contributed by atoms with van der Waals surface area (Å²) in [5, 5.41) is 0. The quantitative estimate of drug-likeness (QED) is 0.707. The first-order valence-corrected chi connectivity index (χ1v) is 6.24. The molecule has 0 aromatic rings. The molecule has 0 aliphatic carbocycles. The van der Waals surface area contributed by atoms with Gasteiger partial charge in [-0.05, 0) is 19.8 Å². The fraction of sp³-hybridized carbons (Fsp3) is 0.917. The van der Waals surface area contributed by atoms with Crippen LogP contribution in [0.15, 0.2) is 0 Å². The van der Waals surface area contributed by atoms with Crippen molar-refractivity contribution < 1.29 is 14.3 Å². The van der Waals surface area contributed by atoms with Crippen molar-refractivity contribution >= 4 is 5.91 Å². The third kappa shape index (κ3) is 2.23. The summed E-state index contributed by atoms with van der Waals surface area (Å²) >= 11 is 0. The van der Waals surface area contributed by atoms with Gasteiger partial charge in [0, 0.05) is 13.2 Å². The first kappa shape index (κ1) is 11.9. The van der Waals surface area contributed by atoms with E-state index in [1.165, 1.54) is 0 Å². The third-order valence-electron chi connectivity index (χ3n) is 3.68. The van der Waals surface area contributed by atoms with Gasteiger partial charge in [-0.1, -0.05) is 6.92 Å². The Labute approximate surface area is 96.9 Å². The van der Waals surface area contributed by atoms with Gasteiger partial charge < -0.3 is 14.4 Å². The summed E-state index contributed by atoms with van der Waals surface area (Å²) in [7, 11) is 0. The molecule has 3 atom stereocenters. The van der Waals surface area contributed by atoms with Gasteiger partial charge in [0.05, 0.1) is 31.3 Å². The minimum absolute atomic E-state index is 0.0622. The molecule has 92 valence electrons. The molecule has 2 aliphatic rings. The molecule has 2 saturated heterocycles. The lowest BCUT2D eigenvalue weighted by molar-refractivity contribution is -0.145. The summed E-state index contributed by atoms with van der Waals surface area (Å²) in [6.45, 7) is 6.92. The van der Waals surface area contributed by atoms with Crippen molar-refractivity contribution in [2.45, 2.75) is 38.8 Å². The maximum absolute atomic E-state index is 12.4. The molecule has 0 radical (unpaired) electrons. The lowest BCUT2D eigenvalue weighted by Gasteiger charge is -2.37. The zero-order valence-corrected chi connectivity index (χ0v) is 10.1. The van der Waals surface area contributed by atoms with Gasteiger partial charge in [0.25, 0.3) is 0 Å². The average molecular weight is 227 g/mol. The largest absolute Gasteiger partial charge is 0.378 e. The minimum atomic E-state index is 0.0622. The Morgan fingerprint density at radius 3 is 2.88 bits per heavy atom. The fourth-order valence-electron chi connectivity index (χ4n) is 2.55. The molecule has 1 amide bonds. The molecule has 2 aliphatic heterocycles. The topological polar surface area (TPSA) is 38.8 Å². The number of rotatable bonds is 2. The van der Waals surface area contributed by atoms with Crippen molar-refractivity contribution in [1.82, 2.24) is 4.90 Å². The molecular weight excluding hydrogens is 206 g/mol. The number of carbonyl (C=O) groups is 1.